The summed E-state index contributed by atoms with van der Waals surface area (Å²) in [4.78, 5) is 22.7. The van der Waals surface area contributed by atoms with E-state index in [1.54, 1.807) is 24.3 Å². The molecule has 1 heterocycles. The third kappa shape index (κ3) is 2.25. The molecule has 0 bridgehead atoms. The molecule has 0 atom stereocenters. The van der Waals surface area contributed by atoms with Crippen LogP contribution in [0.5, 0.6) is 5.75 Å². The number of nitrogens with zero attached hydrogens (tertiary/aromatic N) is 2. The first kappa shape index (κ1) is 14.6. The molecule has 1 aliphatic carbocycles. The zero-order valence-electron chi connectivity index (χ0n) is 11.6. The molecule has 0 unspecified atom stereocenters. The van der Waals surface area contributed by atoms with Crippen molar-refractivity contribution in [2.24, 2.45) is 0 Å². The van der Waals surface area contributed by atoms with Crippen molar-refractivity contribution in [3.05, 3.63) is 66.6 Å². The van der Waals surface area contributed by atoms with Gasteiger partial charge in [-0.2, -0.15) is 0 Å². The molecule has 1 N–H and O–H groups in total. The number of benzene rings is 1. The van der Waals surface area contributed by atoms with Gasteiger partial charge >= 0.3 is 11.2 Å². The van der Waals surface area contributed by atoms with E-state index >= 15 is 0 Å². The van der Waals surface area contributed by atoms with E-state index in [4.69, 9.17) is 11.6 Å². The van der Waals surface area contributed by atoms with Crippen LogP contribution >= 0.6 is 11.6 Å². The lowest BCUT2D eigenvalue weighted by Gasteiger charge is -2.14. The molecule has 1 aliphatic rings. The molecule has 1 aromatic heterocycles. The van der Waals surface area contributed by atoms with Gasteiger partial charge in [0.15, 0.2) is 0 Å². The Morgan fingerprint density at radius 1 is 1.32 bits per heavy atom. The summed E-state index contributed by atoms with van der Waals surface area (Å²) in [6.45, 7) is 0.155. The van der Waals surface area contributed by atoms with Gasteiger partial charge < -0.3 is 9.67 Å². The van der Waals surface area contributed by atoms with Crippen molar-refractivity contribution in [1.29, 1.82) is 0 Å². The number of fused-ring (bicyclic) bond motifs is 1. The molecule has 0 amide bonds. The van der Waals surface area contributed by atoms with Crippen molar-refractivity contribution >= 4 is 17.3 Å². The van der Waals surface area contributed by atoms with Crippen LogP contribution in [0.1, 0.15) is 23.2 Å². The SMILES string of the molecule is O=c1c([N+](=O)[O-])c(O)c2c(n1Cc1ccccc1Cl)CCC2. The predicted octanol–water partition coefficient (Wildman–Crippen LogP) is 2.65. The molecule has 3 rings (SSSR count). The summed E-state index contributed by atoms with van der Waals surface area (Å²) < 4.78 is 1.36. The first-order valence-corrected chi connectivity index (χ1v) is 7.23. The van der Waals surface area contributed by atoms with E-state index in [-0.39, 0.29) is 6.54 Å². The van der Waals surface area contributed by atoms with Crippen LogP contribution < -0.4 is 5.56 Å². The molecule has 7 heteroatoms. The van der Waals surface area contributed by atoms with Gasteiger partial charge in [0.05, 0.1) is 11.5 Å². The predicted molar refractivity (Wildman–Crippen MR) is 81.6 cm³/mol. The average molecular weight is 321 g/mol. The van der Waals surface area contributed by atoms with Gasteiger partial charge in [-0.1, -0.05) is 29.8 Å². The topological polar surface area (TPSA) is 85.4 Å². The fourth-order valence-electron chi connectivity index (χ4n) is 2.90. The smallest absolute Gasteiger partial charge is 0.375 e. The molecule has 1 aromatic carbocycles. The van der Waals surface area contributed by atoms with Gasteiger partial charge in [-0.3, -0.25) is 14.9 Å². The molecule has 0 saturated carbocycles. The molecule has 22 heavy (non-hydrogen) atoms. The van der Waals surface area contributed by atoms with E-state index in [9.17, 15) is 20.0 Å². The fourth-order valence-corrected chi connectivity index (χ4v) is 3.10. The maximum absolute atomic E-state index is 12.4. The van der Waals surface area contributed by atoms with Crippen molar-refractivity contribution < 1.29 is 10.0 Å². The van der Waals surface area contributed by atoms with E-state index < -0.39 is 21.9 Å². The Labute approximate surface area is 130 Å². The average Bonchev–Trinajstić information content (AvgIpc) is 2.94. The lowest BCUT2D eigenvalue weighted by atomic mass is 10.1. The highest BCUT2D eigenvalue weighted by Crippen LogP contribution is 2.35. The second kappa shape index (κ2) is 5.46. The van der Waals surface area contributed by atoms with E-state index in [1.165, 1.54) is 4.57 Å². The summed E-state index contributed by atoms with van der Waals surface area (Å²) in [5.41, 5.74) is 0.322. The van der Waals surface area contributed by atoms with Gasteiger partial charge in [0.25, 0.3) is 0 Å². The largest absolute Gasteiger partial charge is 0.502 e. The van der Waals surface area contributed by atoms with Gasteiger partial charge in [-0.25, -0.2) is 0 Å². The minimum atomic E-state index is -0.820. The van der Waals surface area contributed by atoms with Gasteiger partial charge in [0.2, 0.25) is 5.75 Å². The van der Waals surface area contributed by atoms with Crippen molar-refractivity contribution in [2.45, 2.75) is 25.8 Å². The number of hydrogen-bond acceptors (Lipinski definition) is 4. The lowest BCUT2D eigenvalue weighted by molar-refractivity contribution is -0.387. The highest BCUT2D eigenvalue weighted by atomic mass is 35.5. The molecule has 0 radical (unpaired) electrons. The number of aromatic hydroxyl groups is 1. The second-order valence-electron chi connectivity index (χ2n) is 5.22. The Kier molecular flexibility index (Phi) is 3.62. The number of hydrogen-bond donors (Lipinski definition) is 1. The molecule has 0 fully saturated rings. The second-order valence-corrected chi connectivity index (χ2v) is 5.62. The van der Waals surface area contributed by atoms with Crippen LogP contribution in [0.25, 0.3) is 0 Å². The molecule has 114 valence electrons. The van der Waals surface area contributed by atoms with Crippen molar-refractivity contribution in [3.63, 3.8) is 0 Å². The Morgan fingerprint density at radius 3 is 2.73 bits per heavy atom. The zero-order valence-corrected chi connectivity index (χ0v) is 12.3. The summed E-state index contributed by atoms with van der Waals surface area (Å²) in [7, 11) is 0. The van der Waals surface area contributed by atoms with Crippen molar-refractivity contribution in [1.82, 2.24) is 4.57 Å². The quantitative estimate of drug-likeness (QED) is 0.696. The molecule has 0 aliphatic heterocycles. The monoisotopic (exact) mass is 320 g/mol. The van der Waals surface area contributed by atoms with E-state index in [2.05, 4.69) is 0 Å². The molecule has 0 saturated heterocycles. The maximum atomic E-state index is 12.4. The van der Waals surface area contributed by atoms with E-state index in [0.717, 1.165) is 6.42 Å². The summed E-state index contributed by atoms with van der Waals surface area (Å²) in [6, 6.07) is 7.05. The Hall–Kier alpha value is -2.34. The minimum Gasteiger partial charge on any atom is -0.502 e. The van der Waals surface area contributed by atoms with Gasteiger partial charge in [0.1, 0.15) is 0 Å². The molecule has 0 spiro atoms. The van der Waals surface area contributed by atoms with Crippen LogP contribution in [0.15, 0.2) is 29.1 Å². The summed E-state index contributed by atoms with van der Waals surface area (Å²) in [6.07, 6.45) is 1.90. The normalized spacial score (nSPS) is 13.1. The summed E-state index contributed by atoms with van der Waals surface area (Å²) in [5, 5.41) is 21.6. The Bertz CT molecular complexity index is 829. The van der Waals surface area contributed by atoms with Crippen LogP contribution in [0, 0.1) is 10.1 Å². The molecular formula is C15H13ClN2O4. The van der Waals surface area contributed by atoms with Crippen molar-refractivity contribution in [3.8, 4) is 5.75 Å². The van der Waals surface area contributed by atoms with E-state index in [1.807, 2.05) is 0 Å². The highest BCUT2D eigenvalue weighted by molar-refractivity contribution is 6.31. The lowest BCUT2D eigenvalue weighted by Crippen LogP contribution is -2.26. The highest BCUT2D eigenvalue weighted by Gasteiger charge is 2.31. The third-order valence-corrected chi connectivity index (χ3v) is 4.31. The molecular weight excluding hydrogens is 308 g/mol. The van der Waals surface area contributed by atoms with Gasteiger partial charge in [-0.15, -0.1) is 0 Å². The number of rotatable bonds is 3. The standard InChI is InChI=1S/C15H13ClN2O4/c16-11-6-2-1-4-9(11)8-17-12-7-3-5-10(12)14(19)13(15(17)20)18(21)22/h1-2,4,6,19H,3,5,7-8H2. The first-order chi connectivity index (χ1) is 10.5. The summed E-state index contributed by atoms with van der Waals surface area (Å²) in [5.74, 6) is -0.488. The number of halogens is 1. The maximum Gasteiger partial charge on any atom is 0.375 e. The number of nitro groups is 1. The fraction of sp³-hybridized carbons (Fsp3) is 0.267. The minimum absolute atomic E-state index is 0.155. The van der Waals surface area contributed by atoms with Crippen LogP contribution in [0.4, 0.5) is 5.69 Å². The Balaban J connectivity index is 2.22. The number of pyridine rings is 1. The Morgan fingerprint density at radius 2 is 2.05 bits per heavy atom. The van der Waals surface area contributed by atoms with E-state index in [0.29, 0.717) is 34.7 Å². The molecule has 6 nitrogen and oxygen atoms in total. The van der Waals surface area contributed by atoms with Gasteiger partial charge in [-0.05, 0) is 30.9 Å². The number of aromatic nitrogens is 1. The van der Waals surface area contributed by atoms with Crippen molar-refractivity contribution in [2.75, 3.05) is 0 Å². The van der Waals surface area contributed by atoms with Gasteiger partial charge in [0, 0.05) is 16.3 Å². The zero-order chi connectivity index (χ0) is 15.9. The summed E-state index contributed by atoms with van der Waals surface area (Å²) >= 11 is 6.11. The first-order valence-electron chi connectivity index (χ1n) is 6.86. The van der Waals surface area contributed by atoms with Crippen LogP contribution in [0.2, 0.25) is 5.02 Å². The third-order valence-electron chi connectivity index (χ3n) is 3.94. The van der Waals surface area contributed by atoms with Crippen LogP contribution in [-0.2, 0) is 19.4 Å². The molecule has 2 aromatic rings. The van der Waals surface area contributed by atoms with Crippen LogP contribution in [-0.4, -0.2) is 14.6 Å². The van der Waals surface area contributed by atoms with Crippen LogP contribution in [0.3, 0.4) is 0 Å².